The highest BCUT2D eigenvalue weighted by Gasteiger charge is 2.24. The van der Waals surface area contributed by atoms with Crippen LogP contribution in [0.15, 0.2) is 36.5 Å². The van der Waals surface area contributed by atoms with Crippen LogP contribution in [0.5, 0.6) is 0 Å². The molecular weight excluding hydrogens is 423 g/mol. The van der Waals surface area contributed by atoms with Gasteiger partial charge in [0.15, 0.2) is 0 Å². The molecule has 0 spiro atoms. The van der Waals surface area contributed by atoms with Gasteiger partial charge in [-0.25, -0.2) is 4.57 Å². The summed E-state index contributed by atoms with van der Waals surface area (Å²) in [5, 5.41) is 27.4. The molecule has 0 aliphatic rings. The second-order valence-corrected chi connectivity index (χ2v) is 8.58. The Morgan fingerprint density at radius 3 is 2.03 bits per heavy atom. The van der Waals surface area contributed by atoms with Gasteiger partial charge < -0.3 is 24.9 Å². The number of allylic oxidation sites excluding steroid dienone is 6. The Morgan fingerprint density at radius 2 is 1.39 bits per heavy atom. The molecule has 3 atom stereocenters. The summed E-state index contributed by atoms with van der Waals surface area (Å²) in [4.78, 5) is 9.38. The van der Waals surface area contributed by atoms with Crippen molar-refractivity contribution in [3.8, 4) is 0 Å². The molecule has 0 aromatic carbocycles. The molecular formula is C22H41O8P. The van der Waals surface area contributed by atoms with Crippen LogP contribution in [0.25, 0.3) is 0 Å². The van der Waals surface area contributed by atoms with Crippen molar-refractivity contribution in [2.45, 2.75) is 70.5 Å². The Bertz CT molecular complexity index is 536. The summed E-state index contributed by atoms with van der Waals surface area (Å²) >= 11 is 0. The van der Waals surface area contributed by atoms with Crippen LogP contribution in [-0.4, -0.2) is 65.5 Å². The lowest BCUT2D eigenvalue weighted by atomic mass is 10.1. The van der Waals surface area contributed by atoms with E-state index in [2.05, 4.69) is 52.4 Å². The fourth-order valence-electron chi connectivity index (χ4n) is 2.36. The van der Waals surface area contributed by atoms with E-state index in [-0.39, 0.29) is 6.61 Å². The topological polar surface area (TPSA) is 126 Å². The number of rotatable bonds is 21. The SMILES string of the molecule is CC/C=C\C/C=C\C/C=C\CCCCCCOCC(O)COP(=O)(O)OCC(O)CO. The van der Waals surface area contributed by atoms with E-state index < -0.39 is 39.9 Å². The summed E-state index contributed by atoms with van der Waals surface area (Å²) in [6.45, 7) is 1.05. The van der Waals surface area contributed by atoms with Crippen molar-refractivity contribution in [3.63, 3.8) is 0 Å². The molecule has 0 heterocycles. The molecule has 0 rings (SSSR count). The molecule has 9 heteroatoms. The lowest BCUT2D eigenvalue weighted by Crippen LogP contribution is -2.23. The maximum Gasteiger partial charge on any atom is 0.472 e. The number of aliphatic hydroxyl groups excluding tert-OH is 3. The first-order valence-electron chi connectivity index (χ1n) is 11.0. The van der Waals surface area contributed by atoms with Crippen molar-refractivity contribution >= 4 is 7.82 Å². The third kappa shape index (κ3) is 22.2. The fraction of sp³-hybridized carbons (Fsp3) is 0.727. The monoisotopic (exact) mass is 464 g/mol. The summed E-state index contributed by atoms with van der Waals surface area (Å²) in [6, 6.07) is 0. The third-order valence-electron chi connectivity index (χ3n) is 4.07. The van der Waals surface area contributed by atoms with E-state index in [1.165, 1.54) is 0 Å². The average Bonchev–Trinajstić information content (AvgIpc) is 2.76. The van der Waals surface area contributed by atoms with Gasteiger partial charge in [-0.1, -0.05) is 56.2 Å². The van der Waals surface area contributed by atoms with Crippen LogP contribution in [0.4, 0.5) is 0 Å². The van der Waals surface area contributed by atoms with Gasteiger partial charge in [-0.15, -0.1) is 0 Å². The highest BCUT2D eigenvalue weighted by Crippen LogP contribution is 2.43. The van der Waals surface area contributed by atoms with E-state index >= 15 is 0 Å². The van der Waals surface area contributed by atoms with Gasteiger partial charge >= 0.3 is 7.82 Å². The average molecular weight is 465 g/mol. The van der Waals surface area contributed by atoms with Crippen molar-refractivity contribution in [2.75, 3.05) is 33.0 Å². The van der Waals surface area contributed by atoms with Crippen molar-refractivity contribution in [1.82, 2.24) is 0 Å². The summed E-state index contributed by atoms with van der Waals surface area (Å²) in [5.41, 5.74) is 0. The Balaban J connectivity index is 3.53. The van der Waals surface area contributed by atoms with Gasteiger partial charge in [0.05, 0.1) is 26.4 Å². The molecule has 0 bridgehead atoms. The minimum Gasteiger partial charge on any atom is -0.394 e. The Morgan fingerprint density at radius 1 is 0.806 bits per heavy atom. The number of hydrogen-bond donors (Lipinski definition) is 4. The van der Waals surface area contributed by atoms with Crippen molar-refractivity contribution in [1.29, 1.82) is 0 Å². The minimum atomic E-state index is -4.39. The summed E-state index contributed by atoms with van der Waals surface area (Å²) < 4.78 is 26.0. The van der Waals surface area contributed by atoms with E-state index in [1.54, 1.807) is 0 Å². The van der Waals surface area contributed by atoms with E-state index in [0.29, 0.717) is 6.61 Å². The van der Waals surface area contributed by atoms with Crippen molar-refractivity contribution in [2.24, 2.45) is 0 Å². The molecule has 0 aliphatic heterocycles. The van der Waals surface area contributed by atoms with Gasteiger partial charge in [0.1, 0.15) is 12.2 Å². The highest BCUT2D eigenvalue weighted by atomic mass is 31.2. The molecule has 3 unspecified atom stereocenters. The number of aliphatic hydroxyl groups is 3. The second-order valence-electron chi connectivity index (χ2n) is 7.12. The third-order valence-corrected chi connectivity index (χ3v) is 5.02. The molecule has 0 fully saturated rings. The summed E-state index contributed by atoms with van der Waals surface area (Å²) in [5.74, 6) is 0. The number of hydrogen-bond acceptors (Lipinski definition) is 7. The molecule has 0 radical (unpaired) electrons. The van der Waals surface area contributed by atoms with Crippen molar-refractivity contribution < 1.29 is 38.6 Å². The zero-order valence-corrected chi connectivity index (χ0v) is 19.6. The maximum atomic E-state index is 11.5. The Kier molecular flexibility index (Phi) is 20.5. The number of phosphoric acid groups is 1. The van der Waals surface area contributed by atoms with Gasteiger partial charge in [0, 0.05) is 6.61 Å². The predicted octanol–water partition coefficient (Wildman–Crippen LogP) is 3.66. The summed E-state index contributed by atoms with van der Waals surface area (Å²) in [7, 11) is -4.39. The maximum absolute atomic E-state index is 11.5. The normalized spacial score (nSPS) is 16.4. The van der Waals surface area contributed by atoms with Gasteiger partial charge in [0.25, 0.3) is 0 Å². The fourth-order valence-corrected chi connectivity index (χ4v) is 3.16. The standard InChI is InChI=1S/C22H41O8P/c1-2-3-4-5-6-7-8-9-10-11-12-13-14-15-16-28-18-22(25)20-30-31(26,27)29-19-21(24)17-23/h3-4,6-7,9-10,21-25H,2,5,8,11-20H2,1H3,(H,26,27)/b4-3-,7-6-,10-9-. The summed E-state index contributed by atoms with van der Waals surface area (Å²) in [6.07, 6.45) is 19.1. The second kappa shape index (κ2) is 21.0. The minimum absolute atomic E-state index is 0.0102. The molecule has 0 aliphatic carbocycles. The molecule has 0 saturated heterocycles. The molecule has 4 N–H and O–H groups in total. The molecule has 0 aromatic rings. The van der Waals surface area contributed by atoms with Crippen LogP contribution >= 0.6 is 7.82 Å². The Labute approximate surface area is 186 Å². The lowest BCUT2D eigenvalue weighted by molar-refractivity contribution is -0.00437. The zero-order chi connectivity index (χ0) is 23.2. The Hall–Kier alpha value is -0.830. The molecule has 0 aromatic heterocycles. The highest BCUT2D eigenvalue weighted by molar-refractivity contribution is 7.47. The van der Waals surface area contributed by atoms with Crippen LogP contribution in [0.2, 0.25) is 0 Å². The van der Waals surface area contributed by atoms with Gasteiger partial charge in [0.2, 0.25) is 0 Å². The quantitative estimate of drug-likeness (QED) is 0.115. The molecule has 31 heavy (non-hydrogen) atoms. The van der Waals surface area contributed by atoms with E-state index in [1.807, 2.05) is 0 Å². The first-order chi connectivity index (χ1) is 14.9. The lowest BCUT2D eigenvalue weighted by Gasteiger charge is -2.16. The molecule has 8 nitrogen and oxygen atoms in total. The smallest absolute Gasteiger partial charge is 0.394 e. The van der Waals surface area contributed by atoms with Crippen LogP contribution in [-0.2, 0) is 18.3 Å². The van der Waals surface area contributed by atoms with E-state index in [9.17, 15) is 14.6 Å². The van der Waals surface area contributed by atoms with Crippen LogP contribution in [0, 0.1) is 0 Å². The van der Waals surface area contributed by atoms with E-state index in [4.69, 9.17) is 14.9 Å². The number of unbranched alkanes of at least 4 members (excludes halogenated alkanes) is 4. The first-order valence-corrected chi connectivity index (χ1v) is 12.5. The predicted molar refractivity (Wildman–Crippen MR) is 122 cm³/mol. The molecule has 182 valence electrons. The van der Waals surface area contributed by atoms with Crippen LogP contribution < -0.4 is 0 Å². The van der Waals surface area contributed by atoms with Gasteiger partial charge in [-0.05, 0) is 38.5 Å². The largest absolute Gasteiger partial charge is 0.472 e. The zero-order valence-electron chi connectivity index (χ0n) is 18.7. The van der Waals surface area contributed by atoms with Crippen LogP contribution in [0.1, 0.15) is 58.3 Å². The van der Waals surface area contributed by atoms with Crippen LogP contribution in [0.3, 0.4) is 0 Å². The number of ether oxygens (including phenoxy) is 1. The van der Waals surface area contributed by atoms with Gasteiger partial charge in [-0.3, -0.25) is 9.05 Å². The van der Waals surface area contributed by atoms with Crippen molar-refractivity contribution in [3.05, 3.63) is 36.5 Å². The molecule has 0 amide bonds. The number of phosphoric ester groups is 1. The van der Waals surface area contributed by atoms with Gasteiger partial charge in [-0.2, -0.15) is 0 Å². The molecule has 0 saturated carbocycles. The first kappa shape index (κ1) is 30.2. The van der Waals surface area contributed by atoms with E-state index in [0.717, 1.165) is 51.4 Å².